The number of thiophene rings is 1. The van der Waals surface area contributed by atoms with Gasteiger partial charge in [0.25, 0.3) is 5.91 Å². The molecule has 6 heteroatoms. The Morgan fingerprint density at radius 2 is 1.93 bits per heavy atom. The molecule has 0 spiro atoms. The molecule has 140 valence electrons. The fourth-order valence-electron chi connectivity index (χ4n) is 3.02. The first kappa shape index (κ1) is 18.5. The van der Waals surface area contributed by atoms with Crippen molar-refractivity contribution in [1.29, 1.82) is 0 Å². The molecule has 0 saturated carbocycles. The molecule has 1 amide bonds. The first-order chi connectivity index (χ1) is 13.6. The fourth-order valence-corrected chi connectivity index (χ4v) is 3.85. The van der Waals surface area contributed by atoms with Gasteiger partial charge in [0.2, 0.25) is 0 Å². The summed E-state index contributed by atoms with van der Waals surface area (Å²) in [5.41, 5.74) is 3.60. The van der Waals surface area contributed by atoms with Crippen LogP contribution < -0.4 is 10.1 Å². The predicted molar refractivity (Wildman–Crippen MR) is 116 cm³/mol. The van der Waals surface area contributed by atoms with Crippen LogP contribution in [0.2, 0.25) is 5.02 Å². The van der Waals surface area contributed by atoms with Crippen molar-refractivity contribution in [2.24, 2.45) is 0 Å². The summed E-state index contributed by atoms with van der Waals surface area (Å²) in [6.07, 6.45) is 0. The molecule has 4 rings (SSSR count). The number of carbonyl (C=O) groups is 1. The number of amides is 1. The monoisotopic (exact) mass is 408 g/mol. The van der Waals surface area contributed by atoms with E-state index in [-0.39, 0.29) is 5.91 Å². The molecule has 0 unspecified atom stereocenters. The predicted octanol–water partition coefficient (Wildman–Crippen LogP) is 6.19. The van der Waals surface area contributed by atoms with Crippen molar-refractivity contribution in [3.8, 4) is 16.3 Å². The summed E-state index contributed by atoms with van der Waals surface area (Å²) in [6.45, 7) is 1.92. The van der Waals surface area contributed by atoms with E-state index in [0.717, 1.165) is 32.8 Å². The van der Waals surface area contributed by atoms with Crippen LogP contribution in [-0.4, -0.2) is 18.0 Å². The molecule has 1 N–H and O–H groups in total. The summed E-state index contributed by atoms with van der Waals surface area (Å²) >= 11 is 7.89. The van der Waals surface area contributed by atoms with E-state index in [0.29, 0.717) is 16.3 Å². The normalized spacial score (nSPS) is 10.8. The second-order valence-electron chi connectivity index (χ2n) is 6.28. The van der Waals surface area contributed by atoms with Crippen molar-refractivity contribution in [2.75, 3.05) is 12.4 Å². The number of methoxy groups -OCH3 is 1. The topological polar surface area (TPSA) is 51.2 Å². The number of carbonyl (C=O) groups excluding carboxylic acids is 1. The quantitative estimate of drug-likeness (QED) is 0.438. The van der Waals surface area contributed by atoms with E-state index in [1.165, 1.54) is 0 Å². The van der Waals surface area contributed by atoms with E-state index < -0.39 is 0 Å². The summed E-state index contributed by atoms with van der Waals surface area (Å²) < 4.78 is 5.17. The Hall–Kier alpha value is -2.89. The number of fused-ring (bicyclic) bond motifs is 1. The van der Waals surface area contributed by atoms with Gasteiger partial charge in [-0.15, -0.1) is 11.3 Å². The zero-order valence-corrected chi connectivity index (χ0v) is 16.9. The Labute approximate surface area is 171 Å². The number of aryl methyl sites for hydroxylation is 1. The number of hydrogen-bond acceptors (Lipinski definition) is 4. The Morgan fingerprint density at radius 3 is 2.61 bits per heavy atom. The van der Waals surface area contributed by atoms with E-state index in [9.17, 15) is 4.79 Å². The molecule has 0 bridgehead atoms. The third kappa shape index (κ3) is 3.46. The Bertz CT molecular complexity index is 1160. The van der Waals surface area contributed by atoms with Gasteiger partial charge in [-0.2, -0.15) is 0 Å². The highest BCUT2D eigenvalue weighted by molar-refractivity contribution is 7.13. The first-order valence-corrected chi connectivity index (χ1v) is 9.91. The van der Waals surface area contributed by atoms with Gasteiger partial charge in [-0.25, -0.2) is 4.98 Å². The molecule has 0 atom stereocenters. The Balaban J connectivity index is 1.82. The summed E-state index contributed by atoms with van der Waals surface area (Å²) in [5, 5.41) is 6.35. The molecule has 4 nitrogen and oxygen atoms in total. The lowest BCUT2D eigenvalue weighted by atomic mass is 10.0. The van der Waals surface area contributed by atoms with E-state index in [1.807, 2.05) is 48.7 Å². The number of ether oxygens (including phenoxy) is 1. The lowest BCUT2D eigenvalue weighted by Crippen LogP contribution is -2.13. The van der Waals surface area contributed by atoms with E-state index in [4.69, 9.17) is 21.3 Å². The molecular formula is C22H17ClN2O2S. The molecule has 0 aliphatic heterocycles. The number of rotatable bonds is 4. The zero-order valence-electron chi connectivity index (χ0n) is 15.3. The molecule has 2 aromatic carbocycles. The van der Waals surface area contributed by atoms with E-state index >= 15 is 0 Å². The highest BCUT2D eigenvalue weighted by Gasteiger charge is 2.17. The number of halogens is 1. The van der Waals surface area contributed by atoms with Gasteiger partial charge in [-0.05, 0) is 60.3 Å². The number of aromatic nitrogens is 1. The molecule has 2 aromatic heterocycles. The second kappa shape index (κ2) is 7.62. The highest BCUT2D eigenvalue weighted by atomic mass is 35.5. The van der Waals surface area contributed by atoms with Gasteiger partial charge < -0.3 is 10.1 Å². The molecule has 0 aliphatic carbocycles. The molecule has 0 fully saturated rings. The van der Waals surface area contributed by atoms with Crippen molar-refractivity contribution >= 4 is 45.4 Å². The van der Waals surface area contributed by atoms with E-state index in [1.54, 1.807) is 36.6 Å². The lowest BCUT2D eigenvalue weighted by molar-refractivity contribution is 0.102. The smallest absolute Gasteiger partial charge is 0.256 e. The fraction of sp³-hybridized carbons (Fsp3) is 0.0909. The minimum atomic E-state index is -0.197. The van der Waals surface area contributed by atoms with Crippen LogP contribution in [0.4, 0.5) is 5.69 Å². The minimum absolute atomic E-state index is 0.197. The molecular weight excluding hydrogens is 392 g/mol. The second-order valence-corrected chi connectivity index (χ2v) is 7.64. The number of benzene rings is 2. The maximum atomic E-state index is 13.1. The number of anilines is 1. The Kier molecular flexibility index (Phi) is 5.03. The van der Waals surface area contributed by atoms with Crippen molar-refractivity contribution in [1.82, 2.24) is 4.98 Å². The number of pyridine rings is 1. The zero-order chi connectivity index (χ0) is 19.7. The minimum Gasteiger partial charge on any atom is -0.497 e. The van der Waals surface area contributed by atoms with Crippen molar-refractivity contribution in [3.63, 3.8) is 0 Å². The summed E-state index contributed by atoms with van der Waals surface area (Å²) in [7, 11) is 1.61. The van der Waals surface area contributed by atoms with Gasteiger partial charge in [-0.1, -0.05) is 23.7 Å². The van der Waals surface area contributed by atoms with Crippen LogP contribution in [0, 0.1) is 6.92 Å². The summed E-state index contributed by atoms with van der Waals surface area (Å²) in [6, 6.07) is 16.7. The number of nitrogens with one attached hydrogen (secondary N) is 1. The summed E-state index contributed by atoms with van der Waals surface area (Å²) in [5.74, 6) is 0.537. The molecule has 2 heterocycles. The lowest BCUT2D eigenvalue weighted by Gasteiger charge is -2.12. The molecule has 0 radical (unpaired) electrons. The van der Waals surface area contributed by atoms with Crippen LogP contribution in [0.3, 0.4) is 0 Å². The van der Waals surface area contributed by atoms with Crippen molar-refractivity contribution < 1.29 is 9.53 Å². The average Bonchev–Trinajstić information content (AvgIpc) is 3.25. The van der Waals surface area contributed by atoms with Crippen molar-refractivity contribution in [3.05, 3.63) is 76.1 Å². The number of hydrogen-bond donors (Lipinski definition) is 1. The molecule has 4 aromatic rings. The summed E-state index contributed by atoms with van der Waals surface area (Å²) in [4.78, 5) is 18.9. The van der Waals surface area contributed by atoms with Crippen LogP contribution in [0.5, 0.6) is 5.75 Å². The van der Waals surface area contributed by atoms with E-state index in [2.05, 4.69) is 5.32 Å². The largest absolute Gasteiger partial charge is 0.497 e. The third-order valence-corrected chi connectivity index (χ3v) is 5.84. The average molecular weight is 409 g/mol. The SMILES string of the molecule is COc1ccc(NC(=O)c2cc(-c3cccs3)nc3c(C)c(Cl)ccc23)cc1. The molecule has 0 saturated heterocycles. The maximum Gasteiger partial charge on any atom is 0.256 e. The van der Waals surface area contributed by atoms with Crippen LogP contribution in [-0.2, 0) is 0 Å². The first-order valence-electron chi connectivity index (χ1n) is 8.66. The van der Waals surface area contributed by atoms with Gasteiger partial charge in [0.05, 0.1) is 28.8 Å². The van der Waals surface area contributed by atoms with Crippen molar-refractivity contribution in [2.45, 2.75) is 6.92 Å². The van der Waals surface area contributed by atoms with Gasteiger partial charge >= 0.3 is 0 Å². The maximum absolute atomic E-state index is 13.1. The third-order valence-electron chi connectivity index (χ3n) is 4.53. The number of nitrogens with zero attached hydrogens (tertiary/aromatic N) is 1. The van der Waals surface area contributed by atoms with Crippen LogP contribution in [0.25, 0.3) is 21.5 Å². The van der Waals surface area contributed by atoms with Gasteiger partial charge in [0.15, 0.2) is 0 Å². The van der Waals surface area contributed by atoms with Gasteiger partial charge in [-0.3, -0.25) is 4.79 Å². The van der Waals surface area contributed by atoms with Gasteiger partial charge in [0, 0.05) is 16.1 Å². The van der Waals surface area contributed by atoms with Gasteiger partial charge in [0.1, 0.15) is 5.75 Å². The Morgan fingerprint density at radius 1 is 1.14 bits per heavy atom. The van der Waals surface area contributed by atoms with Crippen LogP contribution in [0.15, 0.2) is 60.0 Å². The van der Waals surface area contributed by atoms with Crippen LogP contribution >= 0.6 is 22.9 Å². The highest BCUT2D eigenvalue weighted by Crippen LogP contribution is 2.32. The molecule has 28 heavy (non-hydrogen) atoms. The van der Waals surface area contributed by atoms with Crippen LogP contribution in [0.1, 0.15) is 15.9 Å². The standard InChI is InChI=1S/C22H17ClN2O2S/c1-13-18(23)10-9-16-17(12-19(25-21(13)16)20-4-3-11-28-20)22(26)24-14-5-7-15(27-2)8-6-14/h3-12H,1-2H3,(H,24,26). The molecule has 0 aliphatic rings.